The zero-order chi connectivity index (χ0) is 24.5. The van der Waals surface area contributed by atoms with Crippen LogP contribution in [0.4, 0.5) is 5.69 Å². The Hall–Kier alpha value is -3.18. The molecular weight excluding hydrogens is 450 g/mol. The summed E-state index contributed by atoms with van der Waals surface area (Å²) >= 11 is 0. The molecule has 33 heavy (non-hydrogen) atoms. The fourth-order valence-corrected chi connectivity index (χ4v) is 5.63. The number of furan rings is 1. The zero-order valence-electron chi connectivity index (χ0n) is 19.2. The van der Waals surface area contributed by atoms with Gasteiger partial charge in [-0.25, -0.2) is 13.2 Å². The molecule has 3 rings (SSSR count). The highest BCUT2D eigenvalue weighted by Gasteiger charge is 2.37. The quantitative estimate of drug-likeness (QED) is 0.654. The van der Waals surface area contributed by atoms with Crippen LogP contribution in [0.15, 0.2) is 27.5 Å². The third-order valence-corrected chi connectivity index (χ3v) is 7.57. The minimum absolute atomic E-state index is 0.0583. The van der Waals surface area contributed by atoms with E-state index in [1.807, 2.05) is 6.92 Å². The van der Waals surface area contributed by atoms with E-state index < -0.39 is 16.0 Å². The van der Waals surface area contributed by atoms with Gasteiger partial charge in [-0.15, -0.1) is 0 Å². The highest BCUT2D eigenvalue weighted by molar-refractivity contribution is 7.89. The van der Waals surface area contributed by atoms with Crippen molar-refractivity contribution >= 4 is 33.5 Å². The van der Waals surface area contributed by atoms with Crippen molar-refractivity contribution in [2.75, 3.05) is 38.6 Å². The van der Waals surface area contributed by atoms with Crippen molar-refractivity contribution in [2.24, 2.45) is 0 Å². The van der Waals surface area contributed by atoms with Gasteiger partial charge in [0.15, 0.2) is 0 Å². The van der Waals surface area contributed by atoms with Gasteiger partial charge in [-0.05, 0) is 38.5 Å². The van der Waals surface area contributed by atoms with Crippen LogP contribution in [-0.4, -0.2) is 68.7 Å². The number of nitrogens with zero attached hydrogens (tertiary/aromatic N) is 2. The van der Waals surface area contributed by atoms with Crippen LogP contribution in [0.5, 0.6) is 0 Å². The van der Waals surface area contributed by atoms with Crippen LogP contribution >= 0.6 is 0 Å². The first-order valence-corrected chi connectivity index (χ1v) is 11.8. The molecule has 1 fully saturated rings. The number of nitrogens with one attached hydrogen (secondary N) is 1. The molecule has 1 N–H and O–H groups in total. The number of sulfonamides is 1. The van der Waals surface area contributed by atoms with E-state index in [0.717, 1.165) is 5.56 Å². The smallest absolute Gasteiger partial charge is 0.342 e. The van der Waals surface area contributed by atoms with E-state index in [1.54, 1.807) is 23.1 Å². The number of ether oxygens (including phenoxy) is 1. The molecule has 1 aromatic heterocycles. The van der Waals surface area contributed by atoms with Gasteiger partial charge in [0.1, 0.15) is 22.0 Å². The first-order valence-electron chi connectivity index (χ1n) is 10.3. The van der Waals surface area contributed by atoms with Gasteiger partial charge in [-0.3, -0.25) is 9.59 Å². The summed E-state index contributed by atoms with van der Waals surface area (Å²) in [5.41, 5.74) is 1.66. The molecule has 178 valence electrons. The van der Waals surface area contributed by atoms with Gasteiger partial charge < -0.3 is 19.4 Å². The summed E-state index contributed by atoms with van der Waals surface area (Å²) < 4.78 is 38.0. The third-order valence-electron chi connectivity index (χ3n) is 5.51. The maximum Gasteiger partial charge on any atom is 0.342 e. The van der Waals surface area contributed by atoms with Gasteiger partial charge >= 0.3 is 5.97 Å². The SMILES string of the molecule is COC(=O)c1c(C)oc(C)c1S(=O)(=O)N1CCN(C(=O)c2ccc(C)c(NC(C)=O)c2)CC1. The average Bonchev–Trinajstić information content (AvgIpc) is 3.08. The Bertz CT molecular complexity index is 1210. The molecule has 2 amide bonds. The lowest BCUT2D eigenvalue weighted by molar-refractivity contribution is -0.114. The number of carbonyl (C=O) groups is 3. The normalized spacial score (nSPS) is 14.8. The summed E-state index contributed by atoms with van der Waals surface area (Å²) in [7, 11) is -2.87. The van der Waals surface area contributed by atoms with Crippen molar-refractivity contribution in [1.82, 2.24) is 9.21 Å². The molecule has 1 aliphatic rings. The summed E-state index contributed by atoms with van der Waals surface area (Å²) in [5, 5.41) is 2.70. The highest BCUT2D eigenvalue weighted by Crippen LogP contribution is 2.30. The lowest BCUT2D eigenvalue weighted by atomic mass is 10.1. The van der Waals surface area contributed by atoms with Crippen LogP contribution in [0.25, 0.3) is 0 Å². The Labute approximate surface area is 192 Å². The highest BCUT2D eigenvalue weighted by atomic mass is 32.2. The van der Waals surface area contributed by atoms with Crippen LogP contribution < -0.4 is 5.32 Å². The van der Waals surface area contributed by atoms with Crippen LogP contribution in [0.3, 0.4) is 0 Å². The average molecular weight is 478 g/mol. The molecule has 2 aromatic rings. The second-order valence-electron chi connectivity index (χ2n) is 7.82. The second kappa shape index (κ2) is 9.36. The van der Waals surface area contributed by atoms with Crippen molar-refractivity contribution in [3.05, 3.63) is 46.4 Å². The van der Waals surface area contributed by atoms with E-state index in [1.165, 1.54) is 32.2 Å². The number of benzene rings is 1. The predicted octanol–water partition coefficient (Wildman–Crippen LogP) is 2.10. The molecular formula is C22H27N3O7S. The molecule has 0 aliphatic carbocycles. The standard InChI is InChI=1S/C22H27N3O7S/c1-13-6-7-17(12-18(13)23-16(4)26)21(27)24-8-10-25(11-9-24)33(29,30)20-15(3)32-14(2)19(20)22(28)31-5/h6-7,12H,8-11H2,1-5H3,(H,23,26). The Kier molecular flexibility index (Phi) is 6.94. The molecule has 1 aromatic carbocycles. The van der Waals surface area contributed by atoms with Gasteiger partial charge in [0.05, 0.1) is 7.11 Å². The lowest BCUT2D eigenvalue weighted by Gasteiger charge is -2.34. The second-order valence-corrected chi connectivity index (χ2v) is 9.69. The Morgan fingerprint density at radius 2 is 1.67 bits per heavy atom. The maximum atomic E-state index is 13.3. The lowest BCUT2D eigenvalue weighted by Crippen LogP contribution is -2.50. The maximum absolute atomic E-state index is 13.3. The topological polar surface area (TPSA) is 126 Å². The van der Waals surface area contributed by atoms with Crippen LogP contribution in [0, 0.1) is 20.8 Å². The summed E-state index contributed by atoms with van der Waals surface area (Å²) in [5.74, 6) is -1.01. The number of piperazine rings is 1. The van der Waals surface area contributed by atoms with Gasteiger partial charge in [-0.2, -0.15) is 4.31 Å². The minimum Gasteiger partial charge on any atom is -0.465 e. The largest absolute Gasteiger partial charge is 0.465 e. The number of esters is 1. The van der Waals surface area contributed by atoms with Gasteiger partial charge in [-0.1, -0.05) is 6.07 Å². The molecule has 11 heteroatoms. The molecule has 1 aliphatic heterocycles. The predicted molar refractivity (Wildman–Crippen MR) is 120 cm³/mol. The van der Waals surface area contributed by atoms with E-state index in [0.29, 0.717) is 11.3 Å². The minimum atomic E-state index is -4.04. The third kappa shape index (κ3) is 4.79. The zero-order valence-corrected chi connectivity index (χ0v) is 20.0. The van der Waals surface area contributed by atoms with E-state index in [2.05, 4.69) is 5.32 Å². The number of amides is 2. The fraction of sp³-hybridized carbons (Fsp3) is 0.409. The van der Waals surface area contributed by atoms with Crippen molar-refractivity contribution in [2.45, 2.75) is 32.6 Å². The van der Waals surface area contributed by atoms with E-state index in [4.69, 9.17) is 9.15 Å². The molecule has 0 unspecified atom stereocenters. The molecule has 2 heterocycles. The Balaban J connectivity index is 1.78. The number of hydrogen-bond acceptors (Lipinski definition) is 7. The Morgan fingerprint density at radius 3 is 2.24 bits per heavy atom. The fourth-order valence-electron chi connectivity index (χ4n) is 3.83. The van der Waals surface area contributed by atoms with Crippen LogP contribution in [-0.2, 0) is 19.6 Å². The molecule has 0 saturated carbocycles. The molecule has 1 saturated heterocycles. The number of hydrogen-bond donors (Lipinski definition) is 1. The van der Waals surface area contributed by atoms with Crippen LogP contribution in [0.2, 0.25) is 0 Å². The van der Waals surface area contributed by atoms with E-state index >= 15 is 0 Å². The molecule has 0 atom stereocenters. The summed E-state index contributed by atoms with van der Waals surface area (Å²) in [6, 6.07) is 5.03. The van der Waals surface area contributed by atoms with Crippen molar-refractivity contribution in [3.63, 3.8) is 0 Å². The van der Waals surface area contributed by atoms with Gasteiger partial charge in [0.2, 0.25) is 15.9 Å². The molecule has 0 radical (unpaired) electrons. The number of aryl methyl sites for hydroxylation is 3. The number of methoxy groups -OCH3 is 1. The van der Waals surface area contributed by atoms with E-state index in [9.17, 15) is 22.8 Å². The Morgan fingerprint density at radius 1 is 1.03 bits per heavy atom. The first kappa shape index (κ1) is 24.5. The van der Waals surface area contributed by atoms with E-state index in [-0.39, 0.29) is 60.0 Å². The van der Waals surface area contributed by atoms with Crippen molar-refractivity contribution in [1.29, 1.82) is 0 Å². The van der Waals surface area contributed by atoms with Crippen molar-refractivity contribution < 1.29 is 32.0 Å². The molecule has 10 nitrogen and oxygen atoms in total. The number of anilines is 1. The molecule has 0 spiro atoms. The first-order chi connectivity index (χ1) is 15.5. The van der Waals surface area contributed by atoms with Gasteiger partial charge in [0.25, 0.3) is 5.91 Å². The monoisotopic (exact) mass is 477 g/mol. The summed E-state index contributed by atoms with van der Waals surface area (Å²) in [6.45, 7) is 6.66. The van der Waals surface area contributed by atoms with Crippen molar-refractivity contribution in [3.8, 4) is 0 Å². The summed E-state index contributed by atoms with van der Waals surface area (Å²) in [4.78, 5) is 37.9. The van der Waals surface area contributed by atoms with Gasteiger partial charge in [0, 0.05) is 44.4 Å². The summed E-state index contributed by atoms with van der Waals surface area (Å²) in [6.07, 6.45) is 0. The number of rotatable bonds is 5. The molecule has 0 bridgehead atoms. The van der Waals surface area contributed by atoms with Crippen LogP contribution in [0.1, 0.15) is 44.7 Å². The number of carbonyl (C=O) groups excluding carboxylic acids is 3.